The molecular weight excluding hydrogens is 238 g/mol. The summed E-state index contributed by atoms with van der Waals surface area (Å²) in [6.07, 6.45) is 2.44. The van der Waals surface area contributed by atoms with Crippen LogP contribution in [0.15, 0.2) is 5.16 Å². The Bertz CT molecular complexity index is 333. The number of nitrogens with zero attached hydrogens (tertiary/aromatic N) is 2. The summed E-state index contributed by atoms with van der Waals surface area (Å²) >= 11 is 0. The highest BCUT2D eigenvalue weighted by molar-refractivity contribution is 6.01. The van der Waals surface area contributed by atoms with Crippen LogP contribution in [-0.4, -0.2) is 49.9 Å². The van der Waals surface area contributed by atoms with Gasteiger partial charge in [-0.1, -0.05) is 24.9 Å². The van der Waals surface area contributed by atoms with Crippen LogP contribution in [0.4, 0.5) is 0 Å². The van der Waals surface area contributed by atoms with Gasteiger partial charge < -0.3 is 15.1 Å². The average Bonchev–Trinajstić information content (AvgIpc) is 2.39. The van der Waals surface area contributed by atoms with Crippen LogP contribution < -0.4 is 5.32 Å². The van der Waals surface area contributed by atoms with Gasteiger partial charge in [-0.15, -0.1) is 0 Å². The Labute approximate surface area is 117 Å². The standard InChI is InChI=1S/C15H27N3O/c1-5-6-15(13(2)3)17-19-12-9-16-14-7-10-18(4)11-8-14/h13-14,16H,7-12H2,1-4H3/b17-15+. The van der Waals surface area contributed by atoms with Gasteiger partial charge >= 0.3 is 0 Å². The number of likely N-dealkylation sites (tertiary alicyclic amines) is 1. The van der Waals surface area contributed by atoms with Gasteiger partial charge in [-0.3, -0.25) is 0 Å². The first kappa shape index (κ1) is 16.0. The van der Waals surface area contributed by atoms with Crippen LogP contribution in [-0.2, 0) is 4.84 Å². The minimum Gasteiger partial charge on any atom is -0.394 e. The molecule has 0 aromatic carbocycles. The normalized spacial score (nSPS) is 18.3. The quantitative estimate of drug-likeness (QED) is 0.344. The van der Waals surface area contributed by atoms with E-state index >= 15 is 0 Å². The molecule has 0 saturated carbocycles. The van der Waals surface area contributed by atoms with Crippen LogP contribution in [0.2, 0.25) is 0 Å². The van der Waals surface area contributed by atoms with Gasteiger partial charge in [-0.25, -0.2) is 0 Å². The predicted molar refractivity (Wildman–Crippen MR) is 80.2 cm³/mol. The van der Waals surface area contributed by atoms with Crippen molar-refractivity contribution in [3.8, 4) is 11.8 Å². The van der Waals surface area contributed by atoms with E-state index in [-0.39, 0.29) is 0 Å². The summed E-state index contributed by atoms with van der Waals surface area (Å²) in [5, 5.41) is 7.62. The van der Waals surface area contributed by atoms with Crippen molar-refractivity contribution in [2.24, 2.45) is 11.1 Å². The van der Waals surface area contributed by atoms with Crippen molar-refractivity contribution >= 4 is 5.71 Å². The molecule has 1 saturated heterocycles. The Morgan fingerprint density at radius 2 is 2.11 bits per heavy atom. The van der Waals surface area contributed by atoms with E-state index in [9.17, 15) is 0 Å². The predicted octanol–water partition coefficient (Wildman–Crippen LogP) is 1.72. The monoisotopic (exact) mass is 265 g/mol. The fourth-order valence-electron chi connectivity index (χ4n) is 2.04. The number of nitrogens with one attached hydrogen (secondary N) is 1. The van der Waals surface area contributed by atoms with Crippen LogP contribution in [0.1, 0.15) is 33.6 Å². The SMILES string of the molecule is CC#C/C(=N\OCCNC1CCN(C)CC1)C(C)C. The van der Waals surface area contributed by atoms with E-state index < -0.39 is 0 Å². The summed E-state index contributed by atoms with van der Waals surface area (Å²) in [4.78, 5) is 7.71. The molecule has 1 heterocycles. The fourth-order valence-corrected chi connectivity index (χ4v) is 2.04. The molecule has 1 fully saturated rings. The molecule has 0 aromatic heterocycles. The lowest BCUT2D eigenvalue weighted by molar-refractivity contribution is 0.138. The third-order valence-electron chi connectivity index (χ3n) is 3.31. The molecule has 0 radical (unpaired) electrons. The van der Waals surface area contributed by atoms with E-state index in [4.69, 9.17) is 4.84 Å². The van der Waals surface area contributed by atoms with Crippen molar-refractivity contribution in [1.29, 1.82) is 0 Å². The number of hydrogen-bond acceptors (Lipinski definition) is 4. The van der Waals surface area contributed by atoms with Crippen molar-refractivity contribution in [2.45, 2.75) is 39.7 Å². The first-order chi connectivity index (χ1) is 9.13. The van der Waals surface area contributed by atoms with Gasteiger partial charge in [0, 0.05) is 18.5 Å². The zero-order chi connectivity index (χ0) is 14.1. The zero-order valence-electron chi connectivity index (χ0n) is 12.7. The summed E-state index contributed by atoms with van der Waals surface area (Å²) in [6.45, 7) is 9.78. The molecule has 0 spiro atoms. The van der Waals surface area contributed by atoms with E-state index in [1.54, 1.807) is 0 Å². The molecular formula is C15H27N3O. The third-order valence-corrected chi connectivity index (χ3v) is 3.31. The van der Waals surface area contributed by atoms with Gasteiger partial charge in [0.2, 0.25) is 0 Å². The number of piperidine rings is 1. The van der Waals surface area contributed by atoms with Crippen molar-refractivity contribution in [1.82, 2.24) is 10.2 Å². The maximum Gasteiger partial charge on any atom is 0.132 e. The smallest absolute Gasteiger partial charge is 0.132 e. The molecule has 0 aromatic rings. The molecule has 1 aliphatic rings. The second-order valence-electron chi connectivity index (χ2n) is 5.37. The molecule has 108 valence electrons. The van der Waals surface area contributed by atoms with Gasteiger partial charge in [0.25, 0.3) is 0 Å². The van der Waals surface area contributed by atoms with Crippen LogP contribution in [0.5, 0.6) is 0 Å². The molecule has 1 rings (SSSR count). The van der Waals surface area contributed by atoms with Crippen LogP contribution in [0, 0.1) is 17.8 Å². The molecule has 1 aliphatic heterocycles. The Morgan fingerprint density at radius 3 is 2.68 bits per heavy atom. The lowest BCUT2D eigenvalue weighted by Gasteiger charge is -2.29. The largest absolute Gasteiger partial charge is 0.394 e. The van der Waals surface area contributed by atoms with E-state index in [1.165, 1.54) is 25.9 Å². The first-order valence-electron chi connectivity index (χ1n) is 7.18. The summed E-state index contributed by atoms with van der Waals surface area (Å²) in [5.41, 5.74) is 0.821. The minimum atomic E-state index is 0.314. The summed E-state index contributed by atoms with van der Waals surface area (Å²) < 4.78 is 0. The average molecular weight is 265 g/mol. The van der Waals surface area contributed by atoms with Crippen molar-refractivity contribution in [3.63, 3.8) is 0 Å². The molecule has 4 heteroatoms. The van der Waals surface area contributed by atoms with Crippen molar-refractivity contribution < 1.29 is 4.84 Å². The van der Waals surface area contributed by atoms with E-state index in [0.29, 0.717) is 18.6 Å². The van der Waals surface area contributed by atoms with Gasteiger partial charge in [-0.2, -0.15) is 0 Å². The Kier molecular flexibility index (Phi) is 7.54. The van der Waals surface area contributed by atoms with Crippen LogP contribution in [0.3, 0.4) is 0 Å². The maximum atomic E-state index is 5.33. The second kappa shape index (κ2) is 8.95. The molecule has 0 bridgehead atoms. The molecule has 1 N–H and O–H groups in total. The highest BCUT2D eigenvalue weighted by Gasteiger charge is 2.15. The molecule has 4 nitrogen and oxygen atoms in total. The van der Waals surface area contributed by atoms with Crippen LogP contribution >= 0.6 is 0 Å². The highest BCUT2D eigenvalue weighted by Crippen LogP contribution is 2.07. The Morgan fingerprint density at radius 1 is 1.42 bits per heavy atom. The number of rotatable bonds is 6. The molecule has 0 aliphatic carbocycles. The molecule has 0 unspecified atom stereocenters. The van der Waals surface area contributed by atoms with Crippen molar-refractivity contribution in [2.75, 3.05) is 33.3 Å². The highest BCUT2D eigenvalue weighted by atomic mass is 16.6. The zero-order valence-corrected chi connectivity index (χ0v) is 12.7. The number of oxime groups is 1. The minimum absolute atomic E-state index is 0.314. The molecule has 19 heavy (non-hydrogen) atoms. The lowest BCUT2D eigenvalue weighted by atomic mass is 10.1. The van der Waals surface area contributed by atoms with Gasteiger partial charge in [0.1, 0.15) is 12.3 Å². The third kappa shape index (κ3) is 6.60. The van der Waals surface area contributed by atoms with Crippen molar-refractivity contribution in [3.05, 3.63) is 0 Å². The van der Waals surface area contributed by atoms with Gasteiger partial charge in [0.15, 0.2) is 0 Å². The van der Waals surface area contributed by atoms with E-state index in [2.05, 4.69) is 48.1 Å². The van der Waals surface area contributed by atoms with E-state index in [1.807, 2.05) is 6.92 Å². The fraction of sp³-hybridized carbons (Fsp3) is 0.800. The maximum absolute atomic E-state index is 5.33. The van der Waals surface area contributed by atoms with E-state index in [0.717, 1.165) is 12.3 Å². The summed E-state index contributed by atoms with van der Waals surface area (Å²) in [5.74, 6) is 6.16. The van der Waals surface area contributed by atoms with Gasteiger partial charge in [-0.05, 0) is 45.8 Å². The summed E-state index contributed by atoms with van der Waals surface area (Å²) in [7, 11) is 2.18. The summed E-state index contributed by atoms with van der Waals surface area (Å²) in [6, 6.07) is 0.629. The van der Waals surface area contributed by atoms with Crippen LogP contribution in [0.25, 0.3) is 0 Å². The topological polar surface area (TPSA) is 36.9 Å². The molecule has 0 amide bonds. The Hall–Kier alpha value is -1.05. The number of hydrogen-bond donors (Lipinski definition) is 1. The van der Waals surface area contributed by atoms with Gasteiger partial charge in [0.05, 0.1) is 0 Å². The lowest BCUT2D eigenvalue weighted by Crippen LogP contribution is -2.41. The Balaban J connectivity index is 2.16. The second-order valence-corrected chi connectivity index (χ2v) is 5.37. The first-order valence-corrected chi connectivity index (χ1v) is 7.18. The molecule has 0 atom stereocenters.